The van der Waals surface area contributed by atoms with E-state index in [-0.39, 0.29) is 29.5 Å². The van der Waals surface area contributed by atoms with Crippen molar-refractivity contribution in [3.63, 3.8) is 0 Å². The number of nitro groups is 1. The molecular weight excluding hydrogens is 433 g/mol. The Morgan fingerprint density at radius 1 is 0.941 bits per heavy atom. The first-order chi connectivity index (χ1) is 16.4. The van der Waals surface area contributed by atoms with Gasteiger partial charge in [-0.15, -0.1) is 0 Å². The molecule has 0 saturated carbocycles. The molecule has 34 heavy (non-hydrogen) atoms. The number of amides is 1. The zero-order chi connectivity index (χ0) is 24.1. The average molecular weight is 458 g/mol. The fourth-order valence-corrected chi connectivity index (χ4v) is 3.90. The van der Waals surface area contributed by atoms with E-state index in [0.29, 0.717) is 18.7 Å². The number of nitro benzene ring substituents is 1. The lowest BCUT2D eigenvalue weighted by molar-refractivity contribution is -0.385. The van der Waals surface area contributed by atoms with Gasteiger partial charge in [-0.05, 0) is 48.4 Å². The zero-order valence-corrected chi connectivity index (χ0v) is 18.7. The van der Waals surface area contributed by atoms with E-state index in [9.17, 15) is 19.3 Å². The van der Waals surface area contributed by atoms with Gasteiger partial charge < -0.3 is 9.47 Å². The van der Waals surface area contributed by atoms with Gasteiger partial charge in [0.2, 0.25) is 0 Å². The van der Waals surface area contributed by atoms with Crippen molar-refractivity contribution in [3.8, 4) is 0 Å². The summed E-state index contributed by atoms with van der Waals surface area (Å²) in [5.41, 5.74) is 3.31. The number of benzene rings is 3. The molecule has 6 nitrogen and oxygen atoms in total. The molecule has 0 aliphatic heterocycles. The first-order valence-electron chi connectivity index (χ1n) is 10.9. The number of hydrogen-bond donors (Lipinski definition) is 0. The predicted octanol–water partition coefficient (Wildman–Crippen LogP) is 5.73. The van der Waals surface area contributed by atoms with Crippen LogP contribution in [0.15, 0.2) is 91.1 Å². The molecule has 0 spiro atoms. The minimum atomic E-state index is -0.474. The van der Waals surface area contributed by atoms with Gasteiger partial charge in [-0.25, -0.2) is 4.39 Å². The molecule has 4 aromatic rings. The molecule has 1 amide bonds. The van der Waals surface area contributed by atoms with E-state index in [4.69, 9.17) is 0 Å². The SMILES string of the molecule is Cc1ccc(C(=O)N(Cc2ccccc2)Cc2cccn2Cc2cccc(F)c2)cc1[N+](=O)[O-]. The van der Waals surface area contributed by atoms with Crippen LogP contribution in [0, 0.1) is 22.9 Å². The summed E-state index contributed by atoms with van der Waals surface area (Å²) in [5, 5.41) is 11.4. The Balaban J connectivity index is 1.64. The Hall–Kier alpha value is -4.26. The second-order valence-electron chi connectivity index (χ2n) is 8.16. The van der Waals surface area contributed by atoms with Crippen LogP contribution in [0.1, 0.15) is 32.7 Å². The summed E-state index contributed by atoms with van der Waals surface area (Å²) in [6.07, 6.45) is 1.89. The maximum absolute atomic E-state index is 13.7. The molecule has 0 fully saturated rings. The minimum Gasteiger partial charge on any atom is -0.345 e. The summed E-state index contributed by atoms with van der Waals surface area (Å²) < 4.78 is 15.6. The quantitative estimate of drug-likeness (QED) is 0.250. The van der Waals surface area contributed by atoms with Crippen molar-refractivity contribution in [1.82, 2.24) is 9.47 Å². The summed E-state index contributed by atoms with van der Waals surface area (Å²) in [4.78, 5) is 26.1. The average Bonchev–Trinajstić information content (AvgIpc) is 3.25. The van der Waals surface area contributed by atoms with Crippen LogP contribution in [-0.2, 0) is 19.6 Å². The molecule has 0 radical (unpaired) electrons. The lowest BCUT2D eigenvalue weighted by Crippen LogP contribution is -2.31. The summed E-state index contributed by atoms with van der Waals surface area (Å²) in [5.74, 6) is -0.599. The van der Waals surface area contributed by atoms with E-state index >= 15 is 0 Å². The maximum atomic E-state index is 13.7. The molecule has 4 rings (SSSR count). The third kappa shape index (κ3) is 5.38. The molecule has 172 valence electrons. The number of carbonyl (C=O) groups is 1. The van der Waals surface area contributed by atoms with Gasteiger partial charge in [-0.2, -0.15) is 0 Å². The Kier molecular flexibility index (Phi) is 6.82. The van der Waals surface area contributed by atoms with Crippen molar-refractivity contribution in [1.29, 1.82) is 0 Å². The number of hydrogen-bond acceptors (Lipinski definition) is 3. The third-order valence-electron chi connectivity index (χ3n) is 5.67. The van der Waals surface area contributed by atoms with Crippen LogP contribution in [0.25, 0.3) is 0 Å². The molecule has 0 aliphatic carbocycles. The molecule has 0 N–H and O–H groups in total. The van der Waals surface area contributed by atoms with Crippen molar-refractivity contribution in [2.24, 2.45) is 0 Å². The first kappa shape index (κ1) is 22.9. The highest BCUT2D eigenvalue weighted by molar-refractivity contribution is 5.95. The molecular formula is C27H24FN3O3. The van der Waals surface area contributed by atoms with E-state index in [1.807, 2.05) is 59.3 Å². The van der Waals surface area contributed by atoms with E-state index in [1.54, 1.807) is 30.0 Å². The van der Waals surface area contributed by atoms with Gasteiger partial charge in [0.05, 0.1) is 11.5 Å². The second kappa shape index (κ2) is 10.1. The van der Waals surface area contributed by atoms with Crippen molar-refractivity contribution >= 4 is 11.6 Å². The summed E-state index contributed by atoms with van der Waals surface area (Å²) >= 11 is 0. The van der Waals surface area contributed by atoms with Crippen LogP contribution >= 0.6 is 0 Å². The third-order valence-corrected chi connectivity index (χ3v) is 5.67. The molecule has 0 saturated heterocycles. The van der Waals surface area contributed by atoms with Crippen LogP contribution < -0.4 is 0 Å². The van der Waals surface area contributed by atoms with E-state index in [1.165, 1.54) is 18.2 Å². The Morgan fingerprint density at radius 3 is 2.44 bits per heavy atom. The monoisotopic (exact) mass is 457 g/mol. The van der Waals surface area contributed by atoms with Crippen LogP contribution in [0.2, 0.25) is 0 Å². The van der Waals surface area contributed by atoms with Crippen molar-refractivity contribution < 1.29 is 14.1 Å². The Morgan fingerprint density at radius 2 is 1.71 bits per heavy atom. The normalized spacial score (nSPS) is 10.8. The van der Waals surface area contributed by atoms with Crippen LogP contribution in [0.3, 0.4) is 0 Å². The molecule has 0 aliphatic rings. The molecule has 0 atom stereocenters. The maximum Gasteiger partial charge on any atom is 0.273 e. The largest absolute Gasteiger partial charge is 0.345 e. The van der Waals surface area contributed by atoms with Gasteiger partial charge in [0.1, 0.15) is 5.82 Å². The van der Waals surface area contributed by atoms with Crippen molar-refractivity contribution in [2.45, 2.75) is 26.6 Å². The number of nitrogens with zero attached hydrogens (tertiary/aromatic N) is 3. The van der Waals surface area contributed by atoms with Crippen molar-refractivity contribution in [3.05, 3.63) is 135 Å². The summed E-state index contributed by atoms with van der Waals surface area (Å²) in [6, 6.07) is 24.4. The topological polar surface area (TPSA) is 68.4 Å². The lowest BCUT2D eigenvalue weighted by Gasteiger charge is -2.24. The number of rotatable bonds is 8. The second-order valence-corrected chi connectivity index (χ2v) is 8.16. The first-order valence-corrected chi connectivity index (χ1v) is 10.9. The highest BCUT2D eigenvalue weighted by Gasteiger charge is 2.21. The summed E-state index contributed by atoms with van der Waals surface area (Å²) in [6.45, 7) is 2.74. The highest BCUT2D eigenvalue weighted by atomic mass is 19.1. The van der Waals surface area contributed by atoms with E-state index < -0.39 is 4.92 Å². The summed E-state index contributed by atoms with van der Waals surface area (Å²) in [7, 11) is 0. The molecule has 3 aromatic carbocycles. The van der Waals surface area contributed by atoms with Gasteiger partial charge in [0, 0.05) is 42.2 Å². The van der Waals surface area contributed by atoms with Crippen molar-refractivity contribution in [2.75, 3.05) is 0 Å². The van der Waals surface area contributed by atoms with Crippen LogP contribution in [0.5, 0.6) is 0 Å². The zero-order valence-electron chi connectivity index (χ0n) is 18.7. The van der Waals surface area contributed by atoms with Gasteiger partial charge in [0.15, 0.2) is 0 Å². The van der Waals surface area contributed by atoms with E-state index in [2.05, 4.69) is 0 Å². The van der Waals surface area contributed by atoms with Gasteiger partial charge in [-0.1, -0.05) is 48.5 Å². The molecule has 1 aromatic heterocycles. The van der Waals surface area contributed by atoms with Gasteiger partial charge in [0.25, 0.3) is 11.6 Å². The Labute approximate surface area is 197 Å². The Bertz CT molecular complexity index is 1320. The fraction of sp³-hybridized carbons (Fsp3) is 0.148. The van der Waals surface area contributed by atoms with E-state index in [0.717, 1.165) is 16.8 Å². The van der Waals surface area contributed by atoms with Gasteiger partial charge >= 0.3 is 0 Å². The number of halogens is 1. The predicted molar refractivity (Wildman–Crippen MR) is 128 cm³/mol. The number of aromatic nitrogens is 1. The highest BCUT2D eigenvalue weighted by Crippen LogP contribution is 2.22. The standard InChI is InChI=1S/C27H24FN3O3/c1-20-12-13-23(16-26(20)31(33)34)27(32)30(17-21-7-3-2-4-8-21)19-25-11-6-14-29(25)18-22-9-5-10-24(28)15-22/h2-16H,17-19H2,1H3. The molecule has 1 heterocycles. The number of carbonyl (C=O) groups excluding carboxylic acids is 1. The molecule has 7 heteroatoms. The fourth-order valence-electron chi connectivity index (χ4n) is 3.90. The minimum absolute atomic E-state index is 0.0833. The molecule has 0 bridgehead atoms. The van der Waals surface area contributed by atoms with Gasteiger partial charge in [-0.3, -0.25) is 14.9 Å². The number of aryl methyl sites for hydroxylation is 1. The smallest absolute Gasteiger partial charge is 0.273 e. The van der Waals surface area contributed by atoms with Crippen LogP contribution in [0.4, 0.5) is 10.1 Å². The van der Waals surface area contributed by atoms with Crippen LogP contribution in [-0.4, -0.2) is 20.3 Å². The lowest BCUT2D eigenvalue weighted by atomic mass is 10.1. The molecule has 0 unspecified atom stereocenters.